The van der Waals surface area contributed by atoms with Crippen LogP contribution in [0.25, 0.3) is 0 Å². The Labute approximate surface area is 68.9 Å². The van der Waals surface area contributed by atoms with Gasteiger partial charge < -0.3 is 0 Å². The molecular formula is H3CuGaInSe. The van der Waals surface area contributed by atoms with Gasteiger partial charge in [-0.3, -0.25) is 0 Å². The molecule has 0 aliphatic carbocycles. The number of hydrogen-bond donors (Lipinski definition) is 0. The Morgan fingerprint density at radius 1 is 1.25 bits per heavy atom. The van der Waals surface area contributed by atoms with Crippen molar-refractivity contribution in [3.63, 3.8) is 0 Å². The standard InChI is InChI=1S/Cu.Ga.In.Se.3H. The molecule has 0 aromatic carbocycles. The van der Waals surface area contributed by atoms with Crippen LogP contribution in [0.1, 0.15) is 0 Å². The Hall–Kier alpha value is 2.55. The van der Waals surface area contributed by atoms with E-state index in [-0.39, 0.29) is 36.9 Å². The van der Waals surface area contributed by atoms with E-state index >= 15 is 0 Å². The molecule has 0 unspecified atom stereocenters. The average Bonchev–Trinajstić information content (AvgIpc) is 1.00. The van der Waals surface area contributed by atoms with Crippen molar-refractivity contribution in [2.45, 2.75) is 0 Å². The van der Waals surface area contributed by atoms with Crippen molar-refractivity contribution >= 4 is 53.0 Å². The van der Waals surface area contributed by atoms with Gasteiger partial charge in [0.25, 0.3) is 0 Å². The molecule has 0 aliphatic heterocycles. The van der Waals surface area contributed by atoms with Crippen molar-refractivity contribution in [1.29, 1.82) is 0 Å². The second-order valence-electron chi connectivity index (χ2n) is 0. The van der Waals surface area contributed by atoms with Gasteiger partial charge in [-0.2, -0.15) is 0 Å². The summed E-state index contributed by atoms with van der Waals surface area (Å²) in [6, 6.07) is 0. The maximum atomic E-state index is 2.76. The molecule has 0 rings (SSSR count). The van der Waals surface area contributed by atoms with E-state index in [0.29, 0.717) is 0 Å². The molecule has 0 nitrogen and oxygen atoms in total. The fraction of sp³-hybridized carbons (Fsp3) is 0. The van der Waals surface area contributed by atoms with Crippen LogP contribution in [0.4, 0.5) is 0 Å². The van der Waals surface area contributed by atoms with Gasteiger partial charge >= 0.3 is 53.0 Å². The topological polar surface area (TPSA) is 0 Å². The molecule has 26 valence electrons. The normalized spacial score (nSPS) is 0.750. The first-order valence-electron chi connectivity index (χ1n) is 0.236. The van der Waals surface area contributed by atoms with E-state index in [0.717, 1.165) is 0 Å². The molecule has 4 heavy (non-hydrogen) atoms. The third-order valence-corrected chi connectivity index (χ3v) is 0. The van der Waals surface area contributed by atoms with Gasteiger partial charge in [0.2, 0.25) is 0 Å². The summed E-state index contributed by atoms with van der Waals surface area (Å²) in [5.74, 6) is 0. The molecule has 0 heterocycles. The van der Waals surface area contributed by atoms with E-state index in [4.69, 9.17) is 0 Å². The molecule has 0 bridgehead atoms. The van der Waals surface area contributed by atoms with Gasteiger partial charge in [-0.15, -0.1) is 0 Å². The fourth-order valence-corrected chi connectivity index (χ4v) is 0. The van der Waals surface area contributed by atoms with Crippen LogP contribution in [0.5, 0.6) is 0 Å². The molecule has 0 N–H and O–H groups in total. The molecule has 2 radical (unpaired) electrons. The van der Waals surface area contributed by atoms with E-state index in [1.54, 1.807) is 0 Å². The molecule has 0 amide bonds. The van der Waals surface area contributed by atoms with Gasteiger partial charge in [0.15, 0.2) is 0 Å². The predicted octanol–water partition coefficient (Wildman–Crippen LogP) is -1.95. The van der Waals surface area contributed by atoms with Crippen molar-refractivity contribution in [3.05, 3.63) is 0 Å². The van der Waals surface area contributed by atoms with Crippen LogP contribution in [0.3, 0.4) is 0 Å². The van der Waals surface area contributed by atoms with Crippen molar-refractivity contribution in [2.75, 3.05) is 0 Å². The Morgan fingerprint density at radius 2 is 1.25 bits per heavy atom. The van der Waals surface area contributed by atoms with E-state index in [9.17, 15) is 0 Å². The summed E-state index contributed by atoms with van der Waals surface area (Å²) in [5.41, 5.74) is 0. The van der Waals surface area contributed by atoms with Gasteiger partial charge in [-0.05, 0) is 0 Å². The van der Waals surface area contributed by atoms with E-state index in [1.807, 2.05) is 0 Å². The van der Waals surface area contributed by atoms with Crippen LogP contribution in [0.2, 0.25) is 0 Å². The monoisotopic (exact) mass is 330 g/mol. The molecule has 0 fully saturated rings. The first-order chi connectivity index (χ1) is 1.00. The average molecular weight is 330 g/mol. The van der Waals surface area contributed by atoms with Crippen molar-refractivity contribution in [3.8, 4) is 0 Å². The first kappa shape index (κ1) is 16.0. The van der Waals surface area contributed by atoms with E-state index in [1.165, 1.54) is 21.4 Å². The van der Waals surface area contributed by atoms with E-state index < -0.39 is 0 Å². The van der Waals surface area contributed by atoms with Crippen LogP contribution < -0.4 is 0 Å². The Morgan fingerprint density at radius 3 is 1.25 bits per heavy atom. The molecule has 0 aliphatic rings. The van der Waals surface area contributed by atoms with Crippen LogP contribution in [-0.4, -0.2) is 53.0 Å². The van der Waals surface area contributed by atoms with Gasteiger partial charge in [0, 0.05) is 17.1 Å². The maximum absolute atomic E-state index is 2.76. The zero-order chi connectivity index (χ0) is 2.00. The molecule has 4 heteroatoms. The van der Waals surface area contributed by atoms with Crippen molar-refractivity contribution in [2.24, 2.45) is 0 Å². The molecule has 0 atom stereocenters. The van der Waals surface area contributed by atoms with Crippen LogP contribution >= 0.6 is 0 Å². The number of hydrogen-bond acceptors (Lipinski definition) is 0. The summed E-state index contributed by atoms with van der Waals surface area (Å²) < 4.78 is 0. The van der Waals surface area contributed by atoms with Crippen molar-refractivity contribution in [1.82, 2.24) is 0 Å². The predicted molar refractivity (Wildman–Crippen MR) is 21.4 cm³/mol. The molecule has 0 saturated carbocycles. The molecule has 0 saturated heterocycles. The van der Waals surface area contributed by atoms with Crippen LogP contribution in [0, 0.1) is 0 Å². The Balaban J connectivity index is -0.00000000500. The first-order valence-corrected chi connectivity index (χ1v) is 8.22. The summed E-state index contributed by atoms with van der Waals surface area (Å²) in [6.07, 6.45) is 0. The van der Waals surface area contributed by atoms with Gasteiger partial charge in [0.05, 0.1) is 0 Å². The van der Waals surface area contributed by atoms with Gasteiger partial charge in [0.1, 0.15) is 0 Å². The summed E-state index contributed by atoms with van der Waals surface area (Å²) in [5, 5.41) is 0. The second kappa shape index (κ2) is 17.7. The molecular weight excluding hydrogens is 327 g/mol. The minimum atomic E-state index is 0. The van der Waals surface area contributed by atoms with Crippen LogP contribution in [0.15, 0.2) is 0 Å². The quantitative estimate of drug-likeness (QED) is 0.453. The summed E-state index contributed by atoms with van der Waals surface area (Å²) in [7, 11) is 0. The number of rotatable bonds is 0. The zero-order valence-electron chi connectivity index (χ0n) is 1.29. The Bertz CT molecular complexity index is 8.00. The van der Waals surface area contributed by atoms with Crippen molar-refractivity contribution < 1.29 is 17.1 Å². The van der Waals surface area contributed by atoms with Crippen LogP contribution in [-0.2, 0) is 17.1 Å². The van der Waals surface area contributed by atoms with Gasteiger partial charge in [-0.1, -0.05) is 0 Å². The summed E-state index contributed by atoms with van der Waals surface area (Å²) in [4.78, 5) is 0. The SMILES string of the molecule is [Cu].[GaH3].[Se]=[In]. The third kappa shape index (κ3) is 8.82. The third-order valence-electron chi connectivity index (χ3n) is 0. The second-order valence-corrected chi connectivity index (χ2v) is 0. The zero-order valence-corrected chi connectivity index (χ0v) is 7.24. The summed E-state index contributed by atoms with van der Waals surface area (Å²) in [6.45, 7) is 0. The minimum absolute atomic E-state index is 0. The Kier molecular flexibility index (Phi) is 70.8. The molecule has 0 aromatic rings. The van der Waals surface area contributed by atoms with E-state index in [2.05, 4.69) is 11.8 Å². The van der Waals surface area contributed by atoms with Gasteiger partial charge in [-0.25, -0.2) is 0 Å². The molecule has 0 aromatic heterocycles. The summed E-state index contributed by atoms with van der Waals surface area (Å²) >= 11 is 3.98. The fourth-order valence-electron chi connectivity index (χ4n) is 0. The molecule has 0 spiro atoms.